The molecule has 0 radical (unpaired) electrons. The standard InChI is InChI=1S/C44H27BrN2/c45-37-18-8-11-28-12-9-21-41(43(28)37)47-39-20-7-4-15-32(39)35-25-24-31(34-17-10-22-42(47)44(34)35)29-23-26-40-36(27-29)33-16-5-6-19-38(33)46(40)30-13-2-1-3-14-30/h1-27H. The van der Waals surface area contributed by atoms with E-state index < -0.39 is 0 Å². The zero-order valence-electron chi connectivity index (χ0n) is 25.4. The minimum Gasteiger partial charge on any atom is -0.309 e. The number of nitrogens with zero attached hydrogens (tertiary/aromatic N) is 2. The van der Waals surface area contributed by atoms with Crippen molar-refractivity contribution in [2.75, 3.05) is 4.90 Å². The molecule has 1 aromatic heterocycles. The van der Waals surface area contributed by atoms with E-state index in [-0.39, 0.29) is 0 Å². The van der Waals surface area contributed by atoms with E-state index >= 15 is 0 Å². The molecule has 10 rings (SSSR count). The number of fused-ring (bicyclic) bond motifs is 6. The molecule has 220 valence electrons. The molecular weight excluding hydrogens is 636 g/mol. The van der Waals surface area contributed by atoms with Gasteiger partial charge in [-0.3, -0.25) is 0 Å². The van der Waals surface area contributed by atoms with E-state index in [1.807, 2.05) is 0 Å². The van der Waals surface area contributed by atoms with Crippen molar-refractivity contribution in [3.05, 3.63) is 168 Å². The van der Waals surface area contributed by atoms with Crippen molar-refractivity contribution in [3.63, 3.8) is 0 Å². The molecule has 0 saturated carbocycles. The predicted octanol–water partition coefficient (Wildman–Crippen LogP) is 13.0. The Morgan fingerprint density at radius 2 is 1.06 bits per heavy atom. The van der Waals surface area contributed by atoms with Crippen molar-refractivity contribution in [1.29, 1.82) is 0 Å². The van der Waals surface area contributed by atoms with E-state index in [4.69, 9.17) is 0 Å². The Hall–Kier alpha value is -5.64. The Kier molecular flexibility index (Phi) is 5.76. The van der Waals surface area contributed by atoms with E-state index in [1.54, 1.807) is 0 Å². The van der Waals surface area contributed by atoms with Crippen LogP contribution in [0.3, 0.4) is 0 Å². The van der Waals surface area contributed by atoms with Crippen LogP contribution in [-0.2, 0) is 0 Å². The summed E-state index contributed by atoms with van der Waals surface area (Å²) in [7, 11) is 0. The third kappa shape index (κ3) is 3.84. The molecule has 1 aliphatic heterocycles. The molecule has 2 heterocycles. The minimum absolute atomic E-state index is 1.10. The summed E-state index contributed by atoms with van der Waals surface area (Å²) >= 11 is 3.89. The van der Waals surface area contributed by atoms with Crippen LogP contribution in [0.5, 0.6) is 0 Å². The van der Waals surface area contributed by atoms with Crippen molar-refractivity contribution in [3.8, 4) is 27.9 Å². The van der Waals surface area contributed by atoms with E-state index in [9.17, 15) is 0 Å². The van der Waals surface area contributed by atoms with Crippen molar-refractivity contribution in [1.82, 2.24) is 4.57 Å². The van der Waals surface area contributed by atoms with Gasteiger partial charge in [0.1, 0.15) is 0 Å². The Morgan fingerprint density at radius 1 is 0.404 bits per heavy atom. The molecule has 0 saturated heterocycles. The lowest BCUT2D eigenvalue weighted by atomic mass is 9.87. The largest absolute Gasteiger partial charge is 0.309 e. The third-order valence-electron chi connectivity index (χ3n) is 9.77. The van der Waals surface area contributed by atoms with Crippen molar-refractivity contribution in [2.45, 2.75) is 0 Å². The van der Waals surface area contributed by atoms with Crippen LogP contribution in [-0.4, -0.2) is 4.57 Å². The van der Waals surface area contributed by atoms with Crippen LogP contribution in [0, 0.1) is 0 Å². The molecule has 0 fully saturated rings. The molecule has 2 nitrogen and oxygen atoms in total. The lowest BCUT2D eigenvalue weighted by Gasteiger charge is -2.34. The summed E-state index contributed by atoms with van der Waals surface area (Å²) in [5.74, 6) is 0. The highest BCUT2D eigenvalue weighted by Gasteiger charge is 2.28. The molecular formula is C44H27BrN2. The van der Waals surface area contributed by atoms with Gasteiger partial charge in [0.25, 0.3) is 0 Å². The number of hydrogen-bond donors (Lipinski definition) is 0. The van der Waals surface area contributed by atoms with Crippen LogP contribution in [0.1, 0.15) is 0 Å². The second kappa shape index (κ2) is 10.2. The Balaban J connectivity index is 1.24. The third-order valence-corrected chi connectivity index (χ3v) is 10.4. The highest BCUT2D eigenvalue weighted by atomic mass is 79.9. The zero-order chi connectivity index (χ0) is 31.1. The quantitative estimate of drug-likeness (QED) is 0.183. The smallest absolute Gasteiger partial charge is 0.0551 e. The first-order chi connectivity index (χ1) is 23.3. The van der Waals surface area contributed by atoms with Gasteiger partial charge in [0.2, 0.25) is 0 Å². The van der Waals surface area contributed by atoms with Crippen LogP contribution >= 0.6 is 15.9 Å². The molecule has 8 aromatic carbocycles. The maximum atomic E-state index is 3.89. The second-order valence-electron chi connectivity index (χ2n) is 12.2. The van der Waals surface area contributed by atoms with Gasteiger partial charge < -0.3 is 9.47 Å². The van der Waals surface area contributed by atoms with Gasteiger partial charge in [0, 0.05) is 37.3 Å². The maximum Gasteiger partial charge on any atom is 0.0551 e. The van der Waals surface area contributed by atoms with E-state index in [2.05, 4.69) is 189 Å². The van der Waals surface area contributed by atoms with Crippen LogP contribution in [0.15, 0.2) is 168 Å². The molecule has 1 aliphatic rings. The highest BCUT2D eigenvalue weighted by molar-refractivity contribution is 9.10. The molecule has 0 spiro atoms. The lowest BCUT2D eigenvalue weighted by Crippen LogP contribution is -2.15. The molecule has 3 heteroatoms. The van der Waals surface area contributed by atoms with E-state index in [0.717, 1.165) is 4.47 Å². The SMILES string of the molecule is Brc1cccc2cccc(N3c4ccccc4-c4ccc(-c5ccc6c(c5)c5ccccc5n6-c5ccccc5)c5cccc3c45)c12. The van der Waals surface area contributed by atoms with Gasteiger partial charge in [0.15, 0.2) is 0 Å². The Labute approximate surface area is 280 Å². The van der Waals surface area contributed by atoms with Gasteiger partial charge >= 0.3 is 0 Å². The van der Waals surface area contributed by atoms with Gasteiger partial charge in [-0.15, -0.1) is 0 Å². The number of aromatic nitrogens is 1. The maximum absolute atomic E-state index is 3.89. The fourth-order valence-electron chi connectivity index (χ4n) is 7.79. The summed E-state index contributed by atoms with van der Waals surface area (Å²) in [5.41, 5.74) is 12.1. The Bertz CT molecular complexity index is 2700. The van der Waals surface area contributed by atoms with E-state index in [0.29, 0.717) is 0 Å². The van der Waals surface area contributed by atoms with Crippen LogP contribution < -0.4 is 4.90 Å². The molecule has 0 aliphatic carbocycles. The molecule has 0 amide bonds. The lowest BCUT2D eigenvalue weighted by molar-refractivity contribution is 1.18. The topological polar surface area (TPSA) is 8.17 Å². The number of anilines is 3. The fraction of sp³-hybridized carbons (Fsp3) is 0. The van der Waals surface area contributed by atoms with Crippen LogP contribution in [0.2, 0.25) is 0 Å². The number of halogens is 1. The van der Waals surface area contributed by atoms with Crippen LogP contribution in [0.25, 0.3) is 71.3 Å². The summed E-state index contributed by atoms with van der Waals surface area (Å²) in [6, 6.07) is 59.7. The molecule has 9 aromatic rings. The first-order valence-corrected chi connectivity index (χ1v) is 16.8. The molecule has 0 bridgehead atoms. The summed E-state index contributed by atoms with van der Waals surface area (Å²) < 4.78 is 3.47. The Morgan fingerprint density at radius 3 is 1.96 bits per heavy atom. The number of para-hydroxylation sites is 3. The van der Waals surface area contributed by atoms with Gasteiger partial charge in [-0.25, -0.2) is 0 Å². The average Bonchev–Trinajstić information content (AvgIpc) is 3.46. The summed E-state index contributed by atoms with van der Waals surface area (Å²) in [5, 5.41) is 7.47. The van der Waals surface area contributed by atoms with Crippen LogP contribution in [0.4, 0.5) is 17.1 Å². The molecule has 0 N–H and O–H groups in total. The minimum atomic E-state index is 1.10. The van der Waals surface area contributed by atoms with Crippen molar-refractivity contribution >= 4 is 76.3 Å². The van der Waals surface area contributed by atoms with Gasteiger partial charge in [-0.1, -0.05) is 125 Å². The zero-order valence-corrected chi connectivity index (χ0v) is 26.9. The molecule has 0 atom stereocenters. The number of benzene rings is 8. The van der Waals surface area contributed by atoms with Crippen molar-refractivity contribution in [2.24, 2.45) is 0 Å². The first-order valence-electron chi connectivity index (χ1n) is 16.0. The average molecular weight is 664 g/mol. The highest BCUT2D eigenvalue weighted by Crippen LogP contribution is 2.54. The summed E-state index contributed by atoms with van der Waals surface area (Å²) in [4.78, 5) is 2.46. The normalized spacial score (nSPS) is 12.3. The first kappa shape index (κ1) is 26.6. The molecule has 47 heavy (non-hydrogen) atoms. The van der Waals surface area contributed by atoms with E-state index in [1.165, 1.54) is 88.4 Å². The molecule has 0 unspecified atom stereocenters. The number of rotatable bonds is 3. The summed E-state index contributed by atoms with van der Waals surface area (Å²) in [6.45, 7) is 0. The fourth-order valence-corrected chi connectivity index (χ4v) is 8.38. The number of hydrogen-bond acceptors (Lipinski definition) is 1. The summed E-state index contributed by atoms with van der Waals surface area (Å²) in [6.07, 6.45) is 0. The van der Waals surface area contributed by atoms with Gasteiger partial charge in [-0.05, 0) is 82.1 Å². The van der Waals surface area contributed by atoms with Gasteiger partial charge in [-0.2, -0.15) is 0 Å². The van der Waals surface area contributed by atoms with Gasteiger partial charge in [0.05, 0.1) is 28.1 Å². The van der Waals surface area contributed by atoms with Crippen molar-refractivity contribution < 1.29 is 0 Å². The monoisotopic (exact) mass is 662 g/mol. The predicted molar refractivity (Wildman–Crippen MR) is 203 cm³/mol. The second-order valence-corrected chi connectivity index (χ2v) is 13.1.